The minimum atomic E-state index is -1.17. The number of esters is 1. The lowest BCUT2D eigenvalue weighted by atomic mass is 9.89. The number of carbonyl (C=O) groups is 8. The zero-order valence-corrected chi connectivity index (χ0v) is 41.8. The van der Waals surface area contributed by atoms with Gasteiger partial charge < -0.3 is 45.3 Å². The highest BCUT2D eigenvalue weighted by atomic mass is 79.9. The van der Waals surface area contributed by atoms with Gasteiger partial charge in [-0.15, -0.1) is 0 Å². The summed E-state index contributed by atoms with van der Waals surface area (Å²) < 4.78 is 14.5. The molecule has 22 heteroatoms. The molecule has 0 radical (unpaired) electrons. The van der Waals surface area contributed by atoms with Crippen LogP contribution in [0, 0.1) is 0 Å². The van der Waals surface area contributed by atoms with Crippen molar-refractivity contribution in [3.05, 3.63) is 82.8 Å². The van der Waals surface area contributed by atoms with Crippen molar-refractivity contribution in [2.24, 2.45) is 0 Å². The summed E-state index contributed by atoms with van der Waals surface area (Å²) >= 11 is 3.61. The molecule has 6 amide bonds. The van der Waals surface area contributed by atoms with Crippen LogP contribution in [0.3, 0.4) is 0 Å². The third-order valence-corrected chi connectivity index (χ3v) is 13.3. The number of rotatable bonds is 16. The zero-order valence-electron chi connectivity index (χ0n) is 40.2. The van der Waals surface area contributed by atoms with Gasteiger partial charge in [-0.05, 0) is 74.1 Å². The molecule has 2 fully saturated rings. The predicted octanol–water partition coefficient (Wildman–Crippen LogP) is 3.81. The van der Waals surface area contributed by atoms with Crippen molar-refractivity contribution in [1.82, 2.24) is 50.6 Å². The first kappa shape index (κ1) is 52.2. The maximum absolute atomic E-state index is 12.7. The molecule has 0 spiro atoms. The maximum atomic E-state index is 12.7. The summed E-state index contributed by atoms with van der Waals surface area (Å²) in [6.45, 7) is 6.19. The van der Waals surface area contributed by atoms with Gasteiger partial charge in [0, 0.05) is 72.5 Å². The minimum Gasteiger partial charge on any atom is -0.480 e. The van der Waals surface area contributed by atoms with Crippen molar-refractivity contribution in [1.29, 1.82) is 0 Å². The predicted molar refractivity (Wildman–Crippen MR) is 267 cm³/mol. The summed E-state index contributed by atoms with van der Waals surface area (Å²) in [6, 6.07) is 19.5. The Morgan fingerprint density at radius 2 is 1.18 bits per heavy atom. The largest absolute Gasteiger partial charge is 0.480 e. The standard InChI is InChI=1S/C28H29N5O6.C22H28BrN5O5/c1-17(34)32-10-7-19(8-11-32)28-27-21(20-6-5-18-9-12-39-23(18)13-20)3-2-4-22(27)33(31-28)16-25(36)29-14-24(35)30-15-26(37)38;1-3-33-20(32)12-25-18(30)11-24-19(31)13-28-17-6-4-5-16(23)21(17)22(26-28)15-7-9-27(10-8-15)14(2)29/h2-6,9,12-13,19H,7-8,10-11,14-16H2,1H3,(H,29,36)(H,30,35)(H,37,38);4-6,15H,3,7-13H2,1-2H3,(H,24,31)(H,25,30). The number of nitrogens with zero attached hydrogens (tertiary/aromatic N) is 6. The molecule has 72 heavy (non-hydrogen) atoms. The number of aliphatic carboxylic acids is 1. The second-order valence-corrected chi connectivity index (χ2v) is 18.3. The number of halogens is 1. The number of likely N-dealkylation sites (tertiary alicyclic amines) is 2. The molecule has 0 bridgehead atoms. The monoisotopic (exact) mass is 1050 g/mol. The molecule has 3 aromatic heterocycles. The van der Waals surface area contributed by atoms with E-state index in [4.69, 9.17) is 24.5 Å². The highest BCUT2D eigenvalue weighted by Gasteiger charge is 2.30. The van der Waals surface area contributed by atoms with Crippen LogP contribution < -0.4 is 21.3 Å². The molecule has 0 saturated carbocycles. The second kappa shape index (κ2) is 24.0. The number of amides is 6. The first-order valence-corrected chi connectivity index (χ1v) is 24.5. The molecular formula is C50H57BrN10O11. The van der Waals surface area contributed by atoms with Crippen molar-refractivity contribution in [2.75, 3.05) is 59.0 Å². The number of nitrogens with one attached hydrogen (secondary N) is 4. The molecule has 8 rings (SSSR count). The van der Waals surface area contributed by atoms with Gasteiger partial charge in [-0.1, -0.05) is 46.3 Å². The number of ether oxygens (including phenoxy) is 1. The summed E-state index contributed by atoms with van der Waals surface area (Å²) in [5, 5.41) is 30.9. The van der Waals surface area contributed by atoms with Crippen LogP contribution in [0.2, 0.25) is 0 Å². The molecule has 0 atom stereocenters. The van der Waals surface area contributed by atoms with Gasteiger partial charge in [-0.3, -0.25) is 47.7 Å². The summed E-state index contributed by atoms with van der Waals surface area (Å²) in [4.78, 5) is 98.1. The van der Waals surface area contributed by atoms with Gasteiger partial charge >= 0.3 is 11.9 Å². The van der Waals surface area contributed by atoms with E-state index in [0.29, 0.717) is 26.2 Å². The fraction of sp³-hybridized carbons (Fsp3) is 0.400. The number of carboxylic acids is 1. The Hall–Kier alpha value is -7.62. The summed E-state index contributed by atoms with van der Waals surface area (Å²) in [5.41, 5.74) is 6.07. The fourth-order valence-electron chi connectivity index (χ4n) is 9.01. The Kier molecular flexibility index (Phi) is 17.4. The molecule has 21 nitrogen and oxygen atoms in total. The highest BCUT2D eigenvalue weighted by molar-refractivity contribution is 9.10. The molecule has 0 unspecified atom stereocenters. The number of carbonyl (C=O) groups excluding carboxylic acids is 7. The Bertz CT molecular complexity index is 3000. The van der Waals surface area contributed by atoms with Crippen molar-refractivity contribution in [3.63, 3.8) is 0 Å². The van der Waals surface area contributed by atoms with Crippen LogP contribution in [0.15, 0.2) is 75.8 Å². The Balaban J connectivity index is 0.000000215. The summed E-state index contributed by atoms with van der Waals surface area (Å²) in [7, 11) is 0. The van der Waals surface area contributed by atoms with E-state index in [1.165, 1.54) is 0 Å². The van der Waals surface area contributed by atoms with Gasteiger partial charge in [-0.2, -0.15) is 10.2 Å². The van der Waals surface area contributed by atoms with Crippen molar-refractivity contribution >= 4 is 96.1 Å². The smallest absolute Gasteiger partial charge is 0.325 e. The van der Waals surface area contributed by atoms with E-state index in [1.54, 1.807) is 36.4 Å². The molecule has 6 aromatic rings. The van der Waals surface area contributed by atoms with Gasteiger partial charge in [0.1, 0.15) is 31.8 Å². The van der Waals surface area contributed by atoms with Crippen LogP contribution >= 0.6 is 15.9 Å². The Morgan fingerprint density at radius 1 is 0.667 bits per heavy atom. The van der Waals surface area contributed by atoms with Crippen molar-refractivity contribution in [3.8, 4) is 11.1 Å². The number of carboxylic acid groups (broad SMARTS) is 1. The molecule has 0 aliphatic carbocycles. The number of hydrogen-bond donors (Lipinski definition) is 5. The lowest BCUT2D eigenvalue weighted by molar-refractivity contribution is -0.143. The third kappa shape index (κ3) is 13.0. The number of hydrogen-bond acceptors (Lipinski definition) is 12. The topological polar surface area (TPSA) is 269 Å². The molecule has 5 N–H and O–H groups in total. The van der Waals surface area contributed by atoms with E-state index in [9.17, 15) is 38.4 Å². The lowest BCUT2D eigenvalue weighted by Gasteiger charge is -2.30. The normalized spacial score (nSPS) is 14.1. The van der Waals surface area contributed by atoms with Crippen LogP contribution in [0.4, 0.5) is 0 Å². The molecule has 2 aliphatic heterocycles. The SMILES string of the molecule is CC(=O)N1CCC(c2nn(CC(=O)NCC(=O)NCC(=O)O)c3cccc(-c4ccc5ccoc5c4)c23)CC1.CCOC(=O)CNC(=O)CNC(=O)Cn1nc(C2CCN(C(C)=O)CC2)c2c(Br)cccc21. The number of fused-ring (bicyclic) bond motifs is 3. The molecule has 2 saturated heterocycles. The van der Waals surface area contributed by atoms with Gasteiger partial charge in [0.2, 0.25) is 35.4 Å². The average molecular weight is 1050 g/mol. The summed E-state index contributed by atoms with van der Waals surface area (Å²) in [6.07, 6.45) is 4.78. The van der Waals surface area contributed by atoms with Gasteiger partial charge in [0.05, 0.1) is 48.4 Å². The Labute approximate surface area is 422 Å². The number of furan rings is 1. The van der Waals surface area contributed by atoms with E-state index >= 15 is 0 Å². The van der Waals surface area contributed by atoms with Crippen LogP contribution in [-0.4, -0.2) is 141 Å². The minimum absolute atomic E-state index is 0.0512. The first-order valence-electron chi connectivity index (χ1n) is 23.7. The number of piperidine rings is 2. The van der Waals surface area contributed by atoms with Gasteiger partial charge in [0.25, 0.3) is 0 Å². The van der Waals surface area contributed by atoms with Crippen LogP contribution in [0.25, 0.3) is 43.9 Å². The van der Waals surface area contributed by atoms with E-state index in [1.807, 2.05) is 70.5 Å². The average Bonchev–Trinajstić information content (AvgIpc) is 4.10. The molecular weight excluding hydrogens is 997 g/mol. The van der Waals surface area contributed by atoms with E-state index in [2.05, 4.69) is 37.2 Å². The number of aromatic nitrogens is 4. The van der Waals surface area contributed by atoms with E-state index < -0.39 is 36.2 Å². The summed E-state index contributed by atoms with van der Waals surface area (Å²) in [5.74, 6) is -3.16. The zero-order chi connectivity index (χ0) is 51.5. The van der Waals surface area contributed by atoms with E-state index in [0.717, 1.165) is 85.4 Å². The molecule has 380 valence electrons. The fourth-order valence-corrected chi connectivity index (χ4v) is 9.57. The molecule has 5 heterocycles. The third-order valence-electron chi connectivity index (χ3n) is 12.6. The van der Waals surface area contributed by atoms with Crippen molar-refractivity contribution < 1.29 is 52.6 Å². The molecule has 2 aliphatic rings. The quantitative estimate of drug-likeness (QED) is 0.0865. The molecule has 3 aromatic carbocycles. The van der Waals surface area contributed by atoms with Gasteiger partial charge in [0.15, 0.2) is 0 Å². The van der Waals surface area contributed by atoms with Crippen LogP contribution in [0.5, 0.6) is 0 Å². The first-order chi connectivity index (χ1) is 34.6. The highest BCUT2D eigenvalue weighted by Crippen LogP contribution is 2.40. The second-order valence-electron chi connectivity index (χ2n) is 17.5. The lowest BCUT2D eigenvalue weighted by Crippen LogP contribution is -2.40. The van der Waals surface area contributed by atoms with Crippen LogP contribution in [0.1, 0.15) is 69.7 Å². The maximum Gasteiger partial charge on any atom is 0.325 e. The van der Waals surface area contributed by atoms with Crippen molar-refractivity contribution in [2.45, 2.75) is 71.4 Å². The Morgan fingerprint density at radius 3 is 1.72 bits per heavy atom. The van der Waals surface area contributed by atoms with Crippen LogP contribution in [-0.2, 0) is 56.2 Å². The number of benzene rings is 3. The van der Waals surface area contributed by atoms with E-state index in [-0.39, 0.29) is 68.9 Å². The van der Waals surface area contributed by atoms with Gasteiger partial charge in [-0.25, -0.2) is 0 Å².